The summed E-state index contributed by atoms with van der Waals surface area (Å²) in [7, 11) is 0. The largest absolute Gasteiger partial charge is 0.328 e. The molecule has 28 heavy (non-hydrogen) atoms. The summed E-state index contributed by atoms with van der Waals surface area (Å²) in [5, 5.41) is 13.0. The van der Waals surface area contributed by atoms with Gasteiger partial charge in [0.1, 0.15) is 0 Å². The summed E-state index contributed by atoms with van der Waals surface area (Å²) in [4.78, 5) is 22.3. The van der Waals surface area contributed by atoms with E-state index in [1.165, 1.54) is 23.0 Å². The first-order chi connectivity index (χ1) is 13.6. The number of hydrogen-bond donors (Lipinski definition) is 0. The van der Waals surface area contributed by atoms with Crippen molar-refractivity contribution in [2.24, 2.45) is 0 Å². The van der Waals surface area contributed by atoms with Crippen molar-refractivity contribution in [1.82, 2.24) is 39.2 Å². The number of carbonyl (C=O) groups excluding carboxylic acids is 1. The highest BCUT2D eigenvalue weighted by atomic mass is 35.5. The zero-order chi connectivity index (χ0) is 19.3. The number of fused-ring (bicyclic) bond motifs is 2. The summed E-state index contributed by atoms with van der Waals surface area (Å²) in [6.45, 7) is 1.27. The predicted molar refractivity (Wildman–Crippen MR) is 95.9 cm³/mol. The van der Waals surface area contributed by atoms with Crippen LogP contribution in [-0.4, -0.2) is 51.7 Å². The fraction of sp³-hybridized carbons (Fsp3) is 0.176. The lowest BCUT2D eigenvalue weighted by molar-refractivity contribution is 0.0701. The molecule has 4 aromatic rings. The topological polar surface area (TPSA) is 94.1 Å². The third kappa shape index (κ3) is 2.78. The van der Waals surface area contributed by atoms with Gasteiger partial charge in [0.15, 0.2) is 23.0 Å². The van der Waals surface area contributed by atoms with E-state index in [9.17, 15) is 9.18 Å². The zero-order valence-corrected chi connectivity index (χ0v) is 15.1. The first-order valence-electron chi connectivity index (χ1n) is 8.43. The average molecular weight is 399 g/mol. The molecule has 5 rings (SSSR count). The first kappa shape index (κ1) is 16.8. The SMILES string of the molecule is O=C(c1cc2ncc(Cl)cn2n1)N1CCn2c(nnc2-c2ccc(F)nc2)C1. The first-order valence-corrected chi connectivity index (χ1v) is 8.80. The van der Waals surface area contributed by atoms with Gasteiger partial charge < -0.3 is 9.47 Å². The van der Waals surface area contributed by atoms with Gasteiger partial charge in [-0.25, -0.2) is 14.5 Å². The molecule has 0 radical (unpaired) electrons. The Bertz CT molecular complexity index is 1200. The monoisotopic (exact) mass is 398 g/mol. The molecule has 1 amide bonds. The minimum Gasteiger partial charge on any atom is -0.328 e. The minimum atomic E-state index is -0.554. The number of hydrogen-bond acceptors (Lipinski definition) is 6. The van der Waals surface area contributed by atoms with Gasteiger partial charge in [0.25, 0.3) is 5.91 Å². The van der Waals surface area contributed by atoms with E-state index in [1.807, 2.05) is 4.57 Å². The molecule has 0 bridgehead atoms. The Balaban J connectivity index is 1.41. The molecule has 0 saturated heterocycles. The fourth-order valence-electron chi connectivity index (χ4n) is 3.17. The molecule has 140 valence electrons. The second-order valence-corrected chi connectivity index (χ2v) is 6.73. The smallest absolute Gasteiger partial charge is 0.274 e. The van der Waals surface area contributed by atoms with Crippen LogP contribution in [0.2, 0.25) is 5.02 Å². The molecule has 0 N–H and O–H groups in total. The average Bonchev–Trinajstić information content (AvgIpc) is 3.31. The second-order valence-electron chi connectivity index (χ2n) is 6.29. The molecular formula is C17H12ClFN8O. The molecule has 5 heterocycles. The van der Waals surface area contributed by atoms with E-state index < -0.39 is 5.95 Å². The maximum atomic E-state index is 13.1. The summed E-state index contributed by atoms with van der Waals surface area (Å²) in [5.41, 5.74) is 1.49. The molecule has 4 aromatic heterocycles. The molecule has 1 aliphatic rings. The van der Waals surface area contributed by atoms with E-state index in [2.05, 4.69) is 25.3 Å². The summed E-state index contributed by atoms with van der Waals surface area (Å²) in [5.74, 6) is 0.466. The van der Waals surface area contributed by atoms with Crippen LogP contribution >= 0.6 is 11.6 Å². The maximum Gasteiger partial charge on any atom is 0.274 e. The van der Waals surface area contributed by atoms with Crippen LogP contribution in [0.15, 0.2) is 36.8 Å². The van der Waals surface area contributed by atoms with Crippen LogP contribution in [0.1, 0.15) is 16.3 Å². The van der Waals surface area contributed by atoms with E-state index in [4.69, 9.17) is 11.6 Å². The molecule has 0 unspecified atom stereocenters. The molecule has 0 atom stereocenters. The van der Waals surface area contributed by atoms with Crippen molar-refractivity contribution in [3.05, 3.63) is 59.3 Å². The number of rotatable bonds is 2. The van der Waals surface area contributed by atoms with Crippen LogP contribution < -0.4 is 0 Å². The lowest BCUT2D eigenvalue weighted by atomic mass is 10.2. The van der Waals surface area contributed by atoms with Gasteiger partial charge in [-0.15, -0.1) is 10.2 Å². The van der Waals surface area contributed by atoms with Gasteiger partial charge in [0.2, 0.25) is 5.95 Å². The number of aromatic nitrogens is 7. The number of amides is 1. The molecule has 0 saturated carbocycles. The zero-order valence-electron chi connectivity index (χ0n) is 14.3. The normalized spacial score (nSPS) is 13.7. The van der Waals surface area contributed by atoms with E-state index in [0.29, 0.717) is 47.5 Å². The molecular weight excluding hydrogens is 387 g/mol. The number of nitrogens with zero attached hydrogens (tertiary/aromatic N) is 8. The lowest BCUT2D eigenvalue weighted by Crippen LogP contribution is -2.38. The van der Waals surface area contributed by atoms with Crippen LogP contribution in [-0.2, 0) is 13.1 Å². The Kier molecular flexibility index (Phi) is 3.79. The number of halogens is 2. The summed E-state index contributed by atoms with van der Waals surface area (Å²) in [6.07, 6.45) is 4.51. The Labute approximate surface area is 162 Å². The molecule has 0 spiro atoms. The number of carbonyl (C=O) groups is 1. The van der Waals surface area contributed by atoms with Gasteiger partial charge in [-0.2, -0.15) is 9.49 Å². The van der Waals surface area contributed by atoms with Crippen molar-refractivity contribution >= 4 is 23.2 Å². The van der Waals surface area contributed by atoms with Crippen LogP contribution in [0.5, 0.6) is 0 Å². The van der Waals surface area contributed by atoms with Crippen molar-refractivity contribution in [2.45, 2.75) is 13.1 Å². The Hall–Kier alpha value is -3.40. The summed E-state index contributed by atoms with van der Waals surface area (Å²) >= 11 is 5.91. The summed E-state index contributed by atoms with van der Waals surface area (Å²) < 4.78 is 16.4. The van der Waals surface area contributed by atoms with Crippen molar-refractivity contribution in [3.63, 3.8) is 0 Å². The Morgan fingerprint density at radius 1 is 1.14 bits per heavy atom. The van der Waals surface area contributed by atoms with Gasteiger partial charge in [-0.1, -0.05) is 11.6 Å². The fourth-order valence-corrected chi connectivity index (χ4v) is 3.31. The Morgan fingerprint density at radius 3 is 2.86 bits per heavy atom. The van der Waals surface area contributed by atoms with E-state index in [0.717, 1.165) is 0 Å². The lowest BCUT2D eigenvalue weighted by Gasteiger charge is -2.27. The van der Waals surface area contributed by atoms with Crippen LogP contribution in [0.4, 0.5) is 4.39 Å². The molecule has 0 fully saturated rings. The quantitative estimate of drug-likeness (QED) is 0.478. The van der Waals surface area contributed by atoms with E-state index in [-0.39, 0.29) is 11.6 Å². The predicted octanol–water partition coefficient (Wildman–Crippen LogP) is 1.83. The van der Waals surface area contributed by atoms with Gasteiger partial charge in [-0.3, -0.25) is 4.79 Å². The van der Waals surface area contributed by atoms with Gasteiger partial charge in [0, 0.05) is 37.1 Å². The van der Waals surface area contributed by atoms with Crippen molar-refractivity contribution in [3.8, 4) is 11.4 Å². The number of pyridine rings is 1. The van der Waals surface area contributed by atoms with Crippen LogP contribution in [0, 0.1) is 5.95 Å². The standard InChI is InChI=1S/C17H12ClFN8O/c18-11-7-21-14-5-12(24-27(14)8-11)17(28)25-3-4-26-15(9-25)22-23-16(26)10-1-2-13(19)20-6-10/h1-2,5-8H,3-4,9H2. The molecule has 11 heteroatoms. The Morgan fingerprint density at radius 2 is 2.04 bits per heavy atom. The third-order valence-corrected chi connectivity index (χ3v) is 4.72. The van der Waals surface area contributed by atoms with E-state index >= 15 is 0 Å². The van der Waals surface area contributed by atoms with Crippen LogP contribution in [0.25, 0.3) is 17.0 Å². The van der Waals surface area contributed by atoms with Crippen LogP contribution in [0.3, 0.4) is 0 Å². The molecule has 0 aliphatic carbocycles. The molecule has 1 aliphatic heterocycles. The highest BCUT2D eigenvalue weighted by Crippen LogP contribution is 2.22. The second kappa shape index (κ2) is 6.34. The van der Waals surface area contributed by atoms with Crippen molar-refractivity contribution in [2.75, 3.05) is 6.54 Å². The van der Waals surface area contributed by atoms with Gasteiger partial charge in [0.05, 0.1) is 17.8 Å². The van der Waals surface area contributed by atoms with Gasteiger partial charge in [-0.05, 0) is 12.1 Å². The maximum absolute atomic E-state index is 13.1. The molecule has 9 nitrogen and oxygen atoms in total. The van der Waals surface area contributed by atoms with Gasteiger partial charge >= 0.3 is 0 Å². The highest BCUT2D eigenvalue weighted by molar-refractivity contribution is 6.30. The minimum absolute atomic E-state index is 0.221. The molecule has 0 aromatic carbocycles. The van der Waals surface area contributed by atoms with Crippen molar-refractivity contribution in [1.29, 1.82) is 0 Å². The third-order valence-electron chi connectivity index (χ3n) is 4.53. The summed E-state index contributed by atoms with van der Waals surface area (Å²) in [6, 6.07) is 4.50. The van der Waals surface area contributed by atoms with Crippen molar-refractivity contribution < 1.29 is 9.18 Å². The van der Waals surface area contributed by atoms with E-state index in [1.54, 1.807) is 23.2 Å². The highest BCUT2D eigenvalue weighted by Gasteiger charge is 2.27.